The molecule has 0 aromatic heterocycles. The number of carbonyl (C=O) groups is 2. The number of ketones is 1. The number of nitrogens with zero attached hydrogens (tertiary/aromatic N) is 1. The lowest BCUT2D eigenvalue weighted by atomic mass is 9.87. The number of hydrogen-bond donors (Lipinski definition) is 2. The Morgan fingerprint density at radius 3 is 2.17 bits per heavy atom. The van der Waals surface area contributed by atoms with Gasteiger partial charge in [0.25, 0.3) is 0 Å². The molecule has 0 unspecified atom stereocenters. The van der Waals surface area contributed by atoms with Crippen molar-refractivity contribution >= 4 is 23.2 Å². The molecule has 29 heavy (non-hydrogen) atoms. The molecule has 6 heteroatoms. The number of benzene rings is 2. The first-order valence-electron chi connectivity index (χ1n) is 9.94. The molecule has 2 amide bonds. The van der Waals surface area contributed by atoms with Crippen molar-refractivity contribution in [1.82, 2.24) is 5.32 Å². The summed E-state index contributed by atoms with van der Waals surface area (Å²) in [5.41, 5.74) is 3.60. The van der Waals surface area contributed by atoms with Gasteiger partial charge in [-0.1, -0.05) is 32.9 Å². The Morgan fingerprint density at radius 1 is 0.966 bits per heavy atom. The molecule has 0 spiro atoms. The van der Waals surface area contributed by atoms with Crippen molar-refractivity contribution in [2.75, 3.05) is 43.1 Å². The Morgan fingerprint density at radius 2 is 1.59 bits per heavy atom. The highest BCUT2D eigenvalue weighted by atomic mass is 16.5. The van der Waals surface area contributed by atoms with Crippen LogP contribution in [0.5, 0.6) is 0 Å². The molecule has 2 aromatic carbocycles. The molecule has 0 radical (unpaired) electrons. The first-order chi connectivity index (χ1) is 13.8. The van der Waals surface area contributed by atoms with E-state index in [2.05, 4.69) is 36.3 Å². The number of Topliss-reactive ketones (excluding diaryl/α,β-unsaturated/α-hetero) is 1. The largest absolute Gasteiger partial charge is 0.378 e. The van der Waals surface area contributed by atoms with Crippen LogP contribution in [0.25, 0.3) is 0 Å². The fourth-order valence-corrected chi connectivity index (χ4v) is 3.17. The van der Waals surface area contributed by atoms with Gasteiger partial charge in [0.1, 0.15) is 0 Å². The standard InChI is InChI=1S/C23H29N3O3/c1-23(2,3)18-6-8-19(9-7-18)25-22(28)24-16-21(27)17-4-10-20(11-5-17)26-12-14-29-15-13-26/h4-11H,12-16H2,1-3H3,(H2,24,25,28). The Kier molecular flexibility index (Phi) is 6.54. The minimum Gasteiger partial charge on any atom is -0.378 e. The summed E-state index contributed by atoms with van der Waals surface area (Å²) in [7, 11) is 0. The average Bonchev–Trinajstić information content (AvgIpc) is 2.72. The van der Waals surface area contributed by atoms with Crippen molar-refractivity contribution in [3.63, 3.8) is 0 Å². The molecule has 154 valence electrons. The quantitative estimate of drug-likeness (QED) is 0.755. The summed E-state index contributed by atoms with van der Waals surface area (Å²) in [5, 5.41) is 5.38. The lowest BCUT2D eigenvalue weighted by Gasteiger charge is -2.28. The average molecular weight is 396 g/mol. The Bertz CT molecular complexity index is 833. The number of urea groups is 1. The maximum Gasteiger partial charge on any atom is 0.319 e. The van der Waals surface area contributed by atoms with E-state index < -0.39 is 6.03 Å². The minimum absolute atomic E-state index is 0.0528. The van der Waals surface area contributed by atoms with Gasteiger partial charge in [-0.3, -0.25) is 4.79 Å². The number of morpholine rings is 1. The molecule has 2 N–H and O–H groups in total. The van der Waals surface area contributed by atoms with Crippen LogP contribution >= 0.6 is 0 Å². The summed E-state index contributed by atoms with van der Waals surface area (Å²) in [6, 6.07) is 14.8. The van der Waals surface area contributed by atoms with Crippen LogP contribution in [0.1, 0.15) is 36.7 Å². The summed E-state index contributed by atoms with van der Waals surface area (Å²) < 4.78 is 5.36. The molecule has 1 aliphatic heterocycles. The van der Waals surface area contributed by atoms with Crippen LogP contribution in [0.15, 0.2) is 48.5 Å². The van der Waals surface area contributed by atoms with Gasteiger partial charge in [-0.05, 0) is 47.4 Å². The van der Waals surface area contributed by atoms with E-state index in [1.807, 2.05) is 36.4 Å². The van der Waals surface area contributed by atoms with Crippen LogP contribution in [0.4, 0.5) is 16.2 Å². The molecule has 0 bridgehead atoms. The molecule has 0 atom stereocenters. The number of anilines is 2. The van der Waals surface area contributed by atoms with E-state index in [4.69, 9.17) is 4.74 Å². The van der Waals surface area contributed by atoms with E-state index in [9.17, 15) is 9.59 Å². The number of rotatable bonds is 5. The lowest BCUT2D eigenvalue weighted by Crippen LogP contribution is -2.36. The highest BCUT2D eigenvalue weighted by Crippen LogP contribution is 2.23. The van der Waals surface area contributed by atoms with E-state index in [0.717, 1.165) is 32.0 Å². The van der Waals surface area contributed by atoms with Gasteiger partial charge >= 0.3 is 6.03 Å². The minimum atomic E-state index is -0.396. The third-order valence-corrected chi connectivity index (χ3v) is 4.98. The molecule has 3 rings (SSSR count). The summed E-state index contributed by atoms with van der Waals surface area (Å²) in [4.78, 5) is 26.7. The molecule has 6 nitrogen and oxygen atoms in total. The summed E-state index contributed by atoms with van der Waals surface area (Å²) in [5.74, 6) is -0.128. The first kappa shape index (κ1) is 20.9. The van der Waals surface area contributed by atoms with Crippen LogP contribution < -0.4 is 15.5 Å². The molecule has 2 aromatic rings. The molecular weight excluding hydrogens is 366 g/mol. The summed E-state index contributed by atoms with van der Waals surface area (Å²) in [6.45, 7) is 9.52. The maximum atomic E-state index is 12.4. The summed E-state index contributed by atoms with van der Waals surface area (Å²) >= 11 is 0. The van der Waals surface area contributed by atoms with Crippen LogP contribution in [-0.2, 0) is 10.2 Å². The summed E-state index contributed by atoms with van der Waals surface area (Å²) in [6.07, 6.45) is 0. The second-order valence-electron chi connectivity index (χ2n) is 8.20. The van der Waals surface area contributed by atoms with Gasteiger partial charge in [-0.2, -0.15) is 0 Å². The Balaban J connectivity index is 1.49. The fourth-order valence-electron chi connectivity index (χ4n) is 3.17. The van der Waals surface area contributed by atoms with Crippen LogP contribution in [0, 0.1) is 0 Å². The van der Waals surface area contributed by atoms with Crippen molar-refractivity contribution in [3.8, 4) is 0 Å². The Labute approximate surface area is 172 Å². The van der Waals surface area contributed by atoms with Crippen molar-refractivity contribution in [2.45, 2.75) is 26.2 Å². The van der Waals surface area contributed by atoms with Gasteiger partial charge in [0.15, 0.2) is 5.78 Å². The smallest absolute Gasteiger partial charge is 0.319 e. The lowest BCUT2D eigenvalue weighted by molar-refractivity contribution is 0.0993. The van der Waals surface area contributed by atoms with E-state index in [-0.39, 0.29) is 17.7 Å². The van der Waals surface area contributed by atoms with Crippen molar-refractivity contribution in [2.24, 2.45) is 0 Å². The van der Waals surface area contributed by atoms with Gasteiger partial charge < -0.3 is 20.3 Å². The van der Waals surface area contributed by atoms with Crippen molar-refractivity contribution < 1.29 is 14.3 Å². The second-order valence-corrected chi connectivity index (χ2v) is 8.20. The SMILES string of the molecule is CC(C)(C)c1ccc(NC(=O)NCC(=O)c2ccc(N3CCOCC3)cc2)cc1. The zero-order valence-corrected chi connectivity index (χ0v) is 17.3. The number of hydrogen-bond acceptors (Lipinski definition) is 4. The maximum absolute atomic E-state index is 12.4. The Hall–Kier alpha value is -2.86. The molecule has 1 aliphatic rings. The van der Waals surface area contributed by atoms with E-state index >= 15 is 0 Å². The fraction of sp³-hybridized carbons (Fsp3) is 0.391. The van der Waals surface area contributed by atoms with Gasteiger partial charge in [0, 0.05) is 30.0 Å². The molecule has 0 saturated carbocycles. The van der Waals surface area contributed by atoms with Gasteiger partial charge in [-0.15, -0.1) is 0 Å². The van der Waals surface area contributed by atoms with Crippen molar-refractivity contribution in [3.05, 3.63) is 59.7 Å². The highest BCUT2D eigenvalue weighted by molar-refractivity contribution is 6.00. The van der Waals surface area contributed by atoms with Crippen LogP contribution in [-0.4, -0.2) is 44.7 Å². The third-order valence-electron chi connectivity index (χ3n) is 4.98. The number of nitrogens with one attached hydrogen (secondary N) is 2. The first-order valence-corrected chi connectivity index (χ1v) is 9.94. The van der Waals surface area contributed by atoms with Gasteiger partial charge in [0.2, 0.25) is 0 Å². The highest BCUT2D eigenvalue weighted by Gasteiger charge is 2.14. The predicted molar refractivity (Wildman–Crippen MR) is 116 cm³/mol. The van der Waals surface area contributed by atoms with Crippen LogP contribution in [0.3, 0.4) is 0 Å². The van der Waals surface area contributed by atoms with Crippen LogP contribution in [0.2, 0.25) is 0 Å². The third kappa shape index (κ3) is 5.81. The zero-order chi connectivity index (χ0) is 20.9. The van der Waals surface area contributed by atoms with E-state index in [1.54, 1.807) is 12.1 Å². The molecular formula is C23H29N3O3. The number of ether oxygens (including phenoxy) is 1. The monoisotopic (exact) mass is 395 g/mol. The molecule has 1 fully saturated rings. The molecule has 1 saturated heterocycles. The van der Waals surface area contributed by atoms with E-state index in [0.29, 0.717) is 11.3 Å². The van der Waals surface area contributed by atoms with E-state index in [1.165, 1.54) is 5.56 Å². The van der Waals surface area contributed by atoms with Gasteiger partial charge in [-0.25, -0.2) is 4.79 Å². The number of carbonyl (C=O) groups excluding carboxylic acids is 2. The van der Waals surface area contributed by atoms with Crippen molar-refractivity contribution in [1.29, 1.82) is 0 Å². The topological polar surface area (TPSA) is 70.7 Å². The van der Waals surface area contributed by atoms with Gasteiger partial charge in [0.05, 0.1) is 19.8 Å². The number of amides is 2. The zero-order valence-electron chi connectivity index (χ0n) is 17.3. The second kappa shape index (κ2) is 9.09. The predicted octanol–water partition coefficient (Wildman–Crippen LogP) is 3.83. The molecule has 0 aliphatic carbocycles. The molecule has 1 heterocycles. The normalized spacial score (nSPS) is 14.4.